The first-order valence-electron chi connectivity index (χ1n) is 10.4. The molecular formula is C24H29FN2O2. The Morgan fingerprint density at radius 2 is 1.90 bits per heavy atom. The van der Waals surface area contributed by atoms with Gasteiger partial charge in [0.25, 0.3) is 0 Å². The molecule has 29 heavy (non-hydrogen) atoms. The van der Waals surface area contributed by atoms with Gasteiger partial charge in [0.2, 0.25) is 5.91 Å². The number of amides is 1. The number of carbonyl (C=O) groups is 1. The van der Waals surface area contributed by atoms with Crippen LogP contribution in [0.1, 0.15) is 36.3 Å². The molecule has 2 fully saturated rings. The highest BCUT2D eigenvalue weighted by atomic mass is 19.1. The van der Waals surface area contributed by atoms with Crippen molar-refractivity contribution in [1.29, 1.82) is 0 Å². The first-order chi connectivity index (χ1) is 14.0. The molecule has 0 bridgehead atoms. The average molecular weight is 397 g/mol. The van der Waals surface area contributed by atoms with E-state index in [1.165, 1.54) is 6.07 Å². The van der Waals surface area contributed by atoms with Gasteiger partial charge >= 0.3 is 0 Å². The van der Waals surface area contributed by atoms with Crippen LogP contribution in [-0.4, -0.2) is 44.2 Å². The summed E-state index contributed by atoms with van der Waals surface area (Å²) in [5.74, 6) is -0.232. The second-order valence-electron chi connectivity index (χ2n) is 8.38. The van der Waals surface area contributed by atoms with Crippen LogP contribution in [-0.2, 0) is 16.1 Å². The van der Waals surface area contributed by atoms with Gasteiger partial charge in [0.15, 0.2) is 0 Å². The summed E-state index contributed by atoms with van der Waals surface area (Å²) in [6.07, 6.45) is 2.86. The molecule has 1 saturated carbocycles. The number of anilines is 1. The van der Waals surface area contributed by atoms with Crippen LogP contribution in [0.5, 0.6) is 0 Å². The van der Waals surface area contributed by atoms with E-state index in [0.717, 1.165) is 37.1 Å². The molecule has 5 heteroatoms. The minimum absolute atomic E-state index is 0.00758. The van der Waals surface area contributed by atoms with E-state index in [0.29, 0.717) is 18.7 Å². The monoisotopic (exact) mass is 396 g/mol. The number of hydrogen-bond acceptors (Lipinski definition) is 3. The normalized spacial score (nSPS) is 23.1. The molecule has 4 rings (SSSR count). The van der Waals surface area contributed by atoms with Crippen LogP contribution < -0.4 is 4.90 Å². The maximum atomic E-state index is 14.1. The Hall–Kier alpha value is -2.40. The van der Waals surface area contributed by atoms with Gasteiger partial charge in [-0.25, -0.2) is 4.39 Å². The van der Waals surface area contributed by atoms with Crippen LogP contribution in [0.3, 0.4) is 0 Å². The smallest absolute Gasteiger partial charge is 0.226 e. The molecule has 1 heterocycles. The maximum absolute atomic E-state index is 14.1. The first-order valence-corrected chi connectivity index (χ1v) is 10.4. The zero-order valence-electron chi connectivity index (χ0n) is 17.2. The molecule has 154 valence electrons. The van der Waals surface area contributed by atoms with Crippen LogP contribution in [0.15, 0.2) is 48.5 Å². The summed E-state index contributed by atoms with van der Waals surface area (Å²) < 4.78 is 19.9. The fourth-order valence-corrected chi connectivity index (χ4v) is 4.21. The van der Waals surface area contributed by atoms with Crippen molar-refractivity contribution >= 4 is 11.6 Å². The van der Waals surface area contributed by atoms with Crippen molar-refractivity contribution in [2.24, 2.45) is 5.92 Å². The molecule has 2 aliphatic rings. The quantitative estimate of drug-likeness (QED) is 0.703. The molecule has 0 radical (unpaired) electrons. The third-order valence-electron chi connectivity index (χ3n) is 6.00. The summed E-state index contributed by atoms with van der Waals surface area (Å²) >= 11 is 0. The van der Waals surface area contributed by atoms with Gasteiger partial charge in [0.05, 0.1) is 6.10 Å². The molecule has 1 aliphatic heterocycles. The zero-order chi connectivity index (χ0) is 20.4. The standard InChI is InChI=1S/C24H29FN2O2/c1-26(2)18-11-9-17(10-12-18)15-27(16-19-6-5-13-29-19)24(28)22-14-21(22)20-7-3-4-8-23(20)25/h3-4,7-12,19,21-22H,5-6,13-16H2,1-2H3. The fraction of sp³-hybridized carbons (Fsp3) is 0.458. The van der Waals surface area contributed by atoms with Crippen molar-refractivity contribution < 1.29 is 13.9 Å². The van der Waals surface area contributed by atoms with Crippen molar-refractivity contribution in [3.63, 3.8) is 0 Å². The Morgan fingerprint density at radius 1 is 1.14 bits per heavy atom. The van der Waals surface area contributed by atoms with Gasteiger partial charge in [-0.1, -0.05) is 30.3 Å². The van der Waals surface area contributed by atoms with Crippen molar-refractivity contribution in [2.75, 3.05) is 32.1 Å². The topological polar surface area (TPSA) is 32.8 Å². The summed E-state index contributed by atoms with van der Waals surface area (Å²) in [6.45, 7) is 1.94. The van der Waals surface area contributed by atoms with E-state index in [4.69, 9.17) is 4.74 Å². The van der Waals surface area contributed by atoms with E-state index in [2.05, 4.69) is 29.2 Å². The Morgan fingerprint density at radius 3 is 2.55 bits per heavy atom. The van der Waals surface area contributed by atoms with Crippen LogP contribution in [0.4, 0.5) is 10.1 Å². The van der Waals surface area contributed by atoms with Crippen LogP contribution in [0, 0.1) is 11.7 Å². The number of nitrogens with zero attached hydrogens (tertiary/aromatic N) is 2. The molecule has 0 aromatic heterocycles. The Kier molecular flexibility index (Phi) is 5.86. The maximum Gasteiger partial charge on any atom is 0.226 e. The minimum Gasteiger partial charge on any atom is -0.378 e. The van der Waals surface area contributed by atoms with E-state index in [1.54, 1.807) is 12.1 Å². The predicted molar refractivity (Wildman–Crippen MR) is 112 cm³/mol. The SMILES string of the molecule is CN(C)c1ccc(CN(CC2CCCO2)C(=O)C2CC2c2ccccc2F)cc1. The lowest BCUT2D eigenvalue weighted by Gasteiger charge is -2.26. The van der Waals surface area contributed by atoms with Crippen LogP contribution in [0.25, 0.3) is 0 Å². The van der Waals surface area contributed by atoms with Gasteiger partial charge in [0.1, 0.15) is 5.82 Å². The molecule has 0 N–H and O–H groups in total. The number of ether oxygens (including phenoxy) is 1. The fourth-order valence-electron chi connectivity index (χ4n) is 4.21. The second-order valence-corrected chi connectivity index (χ2v) is 8.38. The Labute approximate surface area is 172 Å². The molecule has 3 atom stereocenters. The lowest BCUT2D eigenvalue weighted by molar-refractivity contribution is -0.135. The molecule has 1 saturated heterocycles. The van der Waals surface area contributed by atoms with Gasteiger partial charge < -0.3 is 14.5 Å². The van der Waals surface area contributed by atoms with Gasteiger partial charge in [-0.05, 0) is 54.5 Å². The number of carbonyl (C=O) groups excluding carboxylic acids is 1. The Balaban J connectivity index is 1.48. The van der Waals surface area contributed by atoms with Crippen molar-refractivity contribution in [3.05, 3.63) is 65.5 Å². The lowest BCUT2D eigenvalue weighted by Crippen LogP contribution is -2.38. The van der Waals surface area contributed by atoms with Crippen molar-refractivity contribution in [2.45, 2.75) is 37.8 Å². The number of halogens is 1. The minimum atomic E-state index is -0.210. The number of benzene rings is 2. The highest BCUT2D eigenvalue weighted by molar-refractivity contribution is 5.83. The van der Waals surface area contributed by atoms with Crippen LogP contribution >= 0.6 is 0 Å². The molecule has 3 unspecified atom stereocenters. The highest BCUT2D eigenvalue weighted by Gasteiger charge is 2.47. The molecule has 4 nitrogen and oxygen atoms in total. The molecule has 2 aromatic carbocycles. The van der Waals surface area contributed by atoms with Gasteiger partial charge in [-0.2, -0.15) is 0 Å². The van der Waals surface area contributed by atoms with Gasteiger partial charge in [-0.15, -0.1) is 0 Å². The third-order valence-corrected chi connectivity index (χ3v) is 6.00. The van der Waals surface area contributed by atoms with Crippen molar-refractivity contribution in [3.8, 4) is 0 Å². The van der Waals surface area contributed by atoms with E-state index < -0.39 is 0 Å². The van der Waals surface area contributed by atoms with Crippen molar-refractivity contribution in [1.82, 2.24) is 4.90 Å². The van der Waals surface area contributed by atoms with Gasteiger partial charge in [0, 0.05) is 45.4 Å². The molecule has 1 aliphatic carbocycles. The molecule has 0 spiro atoms. The summed E-state index contributed by atoms with van der Waals surface area (Å²) in [6, 6.07) is 15.1. The third kappa shape index (κ3) is 4.61. The number of hydrogen-bond donors (Lipinski definition) is 0. The van der Waals surface area contributed by atoms with E-state index in [1.807, 2.05) is 25.1 Å². The summed E-state index contributed by atoms with van der Waals surface area (Å²) in [5.41, 5.74) is 2.90. The van der Waals surface area contributed by atoms with E-state index in [-0.39, 0.29) is 29.7 Å². The largest absolute Gasteiger partial charge is 0.378 e. The van der Waals surface area contributed by atoms with Crippen LogP contribution in [0.2, 0.25) is 0 Å². The summed E-state index contributed by atoms with van der Waals surface area (Å²) in [5, 5.41) is 0. The zero-order valence-corrected chi connectivity index (χ0v) is 17.2. The first kappa shape index (κ1) is 19.9. The second kappa shape index (κ2) is 8.54. The van der Waals surface area contributed by atoms with E-state index in [9.17, 15) is 9.18 Å². The molecular weight excluding hydrogens is 367 g/mol. The summed E-state index contributed by atoms with van der Waals surface area (Å²) in [4.78, 5) is 17.3. The average Bonchev–Trinajstić information content (AvgIpc) is 3.34. The highest BCUT2D eigenvalue weighted by Crippen LogP contribution is 2.49. The Bertz CT molecular complexity index is 846. The molecule has 2 aromatic rings. The lowest BCUT2D eigenvalue weighted by atomic mass is 10.1. The summed E-state index contributed by atoms with van der Waals surface area (Å²) in [7, 11) is 4.02. The predicted octanol–water partition coefficient (Wildman–Crippen LogP) is 4.20. The molecule has 1 amide bonds. The number of rotatable bonds is 7. The van der Waals surface area contributed by atoms with E-state index >= 15 is 0 Å². The van der Waals surface area contributed by atoms with Gasteiger partial charge in [-0.3, -0.25) is 4.79 Å².